The third kappa shape index (κ3) is 3.62. The van der Waals surface area contributed by atoms with E-state index in [1.807, 2.05) is 23.6 Å². The second kappa shape index (κ2) is 8.03. The van der Waals surface area contributed by atoms with Crippen molar-refractivity contribution in [2.45, 2.75) is 12.2 Å². The second-order valence-electron chi connectivity index (χ2n) is 7.85. The smallest absolute Gasteiger partial charge is 0.260 e. The number of nitrogens with zero attached hydrogens (tertiary/aromatic N) is 2. The summed E-state index contributed by atoms with van der Waals surface area (Å²) in [6.45, 7) is -0.171. The molecule has 1 aliphatic heterocycles. The van der Waals surface area contributed by atoms with Crippen LogP contribution in [0.4, 0.5) is 4.39 Å². The van der Waals surface area contributed by atoms with E-state index in [0.717, 1.165) is 15.8 Å². The highest BCUT2D eigenvalue weighted by atomic mass is 35.5. The molecule has 0 atom stereocenters. The Morgan fingerprint density at radius 2 is 1.81 bits per heavy atom. The van der Waals surface area contributed by atoms with Gasteiger partial charge < -0.3 is 9.47 Å². The Balaban J connectivity index is 1.40. The standard InChI is InChI=1S/C24H17Cl2FN2O2S/c25-18-7-6-15(10-19(18)26)17-12-32-20-8-9-28(23(31)22(17)20)11-21(30)29-13-24(27,14-29)16-4-2-1-3-5-16/h1-10,12H,11,13-14H2. The van der Waals surface area contributed by atoms with Crippen molar-refractivity contribution < 1.29 is 9.18 Å². The predicted octanol–water partition coefficient (Wildman–Crippen LogP) is 5.74. The van der Waals surface area contributed by atoms with Gasteiger partial charge in [0.15, 0.2) is 5.67 Å². The number of alkyl halides is 1. The van der Waals surface area contributed by atoms with Gasteiger partial charge >= 0.3 is 0 Å². The van der Waals surface area contributed by atoms with Crippen LogP contribution in [0.3, 0.4) is 0 Å². The van der Waals surface area contributed by atoms with Gasteiger partial charge in [-0.25, -0.2) is 4.39 Å². The number of amides is 1. The van der Waals surface area contributed by atoms with Crippen LogP contribution in [0.15, 0.2) is 71.0 Å². The normalized spacial score (nSPS) is 15.0. The molecule has 2 aromatic heterocycles. The molecule has 1 fully saturated rings. The molecule has 1 aliphatic rings. The molecule has 3 heterocycles. The van der Waals surface area contributed by atoms with Crippen LogP contribution in [-0.4, -0.2) is 28.5 Å². The Morgan fingerprint density at radius 1 is 1.06 bits per heavy atom. The van der Waals surface area contributed by atoms with Crippen LogP contribution < -0.4 is 5.56 Å². The maximum Gasteiger partial charge on any atom is 0.260 e. The van der Waals surface area contributed by atoms with E-state index in [1.54, 1.807) is 42.6 Å². The fourth-order valence-electron chi connectivity index (χ4n) is 3.99. The Labute approximate surface area is 197 Å². The number of thiophene rings is 1. The zero-order valence-corrected chi connectivity index (χ0v) is 19.1. The highest BCUT2D eigenvalue weighted by Crippen LogP contribution is 2.37. The number of aromatic nitrogens is 1. The first-order valence-electron chi connectivity index (χ1n) is 9.94. The summed E-state index contributed by atoms with van der Waals surface area (Å²) >= 11 is 13.6. The number of rotatable bonds is 4. The fraction of sp³-hybridized carbons (Fsp3) is 0.167. The van der Waals surface area contributed by atoms with Gasteiger partial charge in [-0.2, -0.15) is 0 Å². The first-order valence-corrected chi connectivity index (χ1v) is 11.6. The molecule has 0 N–H and O–H groups in total. The van der Waals surface area contributed by atoms with Crippen LogP contribution in [0.25, 0.3) is 21.2 Å². The molecule has 0 spiro atoms. The molecule has 1 amide bonds. The van der Waals surface area contributed by atoms with Crippen LogP contribution in [0, 0.1) is 0 Å². The van der Waals surface area contributed by atoms with Crippen LogP contribution in [0.5, 0.6) is 0 Å². The summed E-state index contributed by atoms with van der Waals surface area (Å²) in [4.78, 5) is 27.4. The number of hydrogen-bond donors (Lipinski definition) is 0. The minimum absolute atomic E-state index is 0.0141. The number of halogens is 3. The highest BCUT2D eigenvalue weighted by molar-refractivity contribution is 7.17. The largest absolute Gasteiger partial charge is 0.334 e. The molecule has 32 heavy (non-hydrogen) atoms. The maximum absolute atomic E-state index is 15.1. The van der Waals surface area contributed by atoms with Gasteiger partial charge in [0.2, 0.25) is 5.91 Å². The molecular weight excluding hydrogens is 470 g/mol. The van der Waals surface area contributed by atoms with Crippen LogP contribution in [-0.2, 0) is 17.0 Å². The lowest BCUT2D eigenvalue weighted by molar-refractivity contribution is -0.147. The van der Waals surface area contributed by atoms with Crippen molar-refractivity contribution in [3.63, 3.8) is 0 Å². The third-order valence-corrected chi connectivity index (χ3v) is 7.45. The number of hydrogen-bond acceptors (Lipinski definition) is 3. The van der Waals surface area contributed by atoms with Gasteiger partial charge in [-0.1, -0.05) is 59.6 Å². The Kier molecular flexibility index (Phi) is 5.32. The molecule has 0 saturated carbocycles. The highest BCUT2D eigenvalue weighted by Gasteiger charge is 2.46. The topological polar surface area (TPSA) is 42.3 Å². The lowest BCUT2D eigenvalue weighted by Crippen LogP contribution is -2.59. The number of pyridine rings is 1. The molecule has 0 aliphatic carbocycles. The van der Waals surface area contributed by atoms with Crippen molar-refractivity contribution >= 4 is 50.5 Å². The van der Waals surface area contributed by atoms with E-state index in [2.05, 4.69) is 0 Å². The zero-order valence-electron chi connectivity index (χ0n) is 16.7. The molecule has 5 rings (SSSR count). The molecule has 4 aromatic rings. The van der Waals surface area contributed by atoms with E-state index in [4.69, 9.17) is 23.2 Å². The van der Waals surface area contributed by atoms with E-state index in [0.29, 0.717) is 21.0 Å². The first-order chi connectivity index (χ1) is 15.4. The van der Waals surface area contributed by atoms with Gasteiger partial charge in [-0.3, -0.25) is 9.59 Å². The molecule has 4 nitrogen and oxygen atoms in total. The van der Waals surface area contributed by atoms with Crippen LogP contribution in [0.2, 0.25) is 10.0 Å². The Morgan fingerprint density at radius 3 is 2.53 bits per heavy atom. The van der Waals surface area contributed by atoms with Gasteiger partial charge in [0, 0.05) is 21.8 Å². The minimum atomic E-state index is -1.54. The summed E-state index contributed by atoms with van der Waals surface area (Å²) in [5, 5.41) is 3.26. The monoisotopic (exact) mass is 486 g/mol. The summed E-state index contributed by atoms with van der Waals surface area (Å²) in [6.07, 6.45) is 1.61. The van der Waals surface area contributed by atoms with Crippen molar-refractivity contribution in [2.24, 2.45) is 0 Å². The molecule has 162 valence electrons. The zero-order chi connectivity index (χ0) is 22.5. The molecule has 8 heteroatoms. The fourth-order valence-corrected chi connectivity index (χ4v) is 5.24. The summed E-state index contributed by atoms with van der Waals surface area (Å²) < 4.78 is 17.2. The van der Waals surface area contributed by atoms with Crippen molar-refractivity contribution in [3.8, 4) is 11.1 Å². The minimum Gasteiger partial charge on any atom is -0.334 e. The lowest BCUT2D eigenvalue weighted by atomic mass is 9.88. The molecule has 2 aromatic carbocycles. The summed E-state index contributed by atoms with van der Waals surface area (Å²) in [5.74, 6) is -0.290. The van der Waals surface area contributed by atoms with Crippen LogP contribution >= 0.6 is 34.5 Å². The first kappa shape index (κ1) is 21.2. The Hall–Kier alpha value is -2.67. The summed E-state index contributed by atoms with van der Waals surface area (Å²) in [5.41, 5.74) is 0.270. The van der Waals surface area contributed by atoms with E-state index >= 15 is 4.39 Å². The van der Waals surface area contributed by atoms with E-state index in [-0.39, 0.29) is 31.1 Å². The summed E-state index contributed by atoms with van der Waals surface area (Å²) in [6, 6.07) is 15.9. The third-order valence-electron chi connectivity index (χ3n) is 5.76. The number of carbonyl (C=O) groups is 1. The molecule has 0 radical (unpaired) electrons. The van der Waals surface area contributed by atoms with E-state index < -0.39 is 5.67 Å². The average molecular weight is 487 g/mol. The molecule has 1 saturated heterocycles. The quantitative estimate of drug-likeness (QED) is 0.368. The summed E-state index contributed by atoms with van der Waals surface area (Å²) in [7, 11) is 0. The van der Waals surface area contributed by atoms with Gasteiger partial charge in [-0.05, 0) is 29.3 Å². The molecule has 0 unspecified atom stereocenters. The SMILES string of the molecule is O=C(Cn1ccc2scc(-c3ccc(Cl)c(Cl)c3)c2c1=O)N1CC(F)(c2ccccc2)C1. The average Bonchev–Trinajstić information content (AvgIpc) is 3.21. The predicted molar refractivity (Wildman–Crippen MR) is 127 cm³/mol. The van der Waals surface area contributed by atoms with Gasteiger partial charge in [-0.15, -0.1) is 11.3 Å². The van der Waals surface area contributed by atoms with Gasteiger partial charge in [0.05, 0.1) is 28.5 Å². The lowest BCUT2D eigenvalue weighted by Gasteiger charge is -2.44. The number of fused-ring (bicyclic) bond motifs is 1. The van der Waals surface area contributed by atoms with Gasteiger partial charge in [0.1, 0.15) is 6.54 Å². The number of carbonyl (C=O) groups excluding carboxylic acids is 1. The van der Waals surface area contributed by atoms with E-state index in [9.17, 15) is 9.59 Å². The molecular formula is C24H17Cl2FN2O2S. The van der Waals surface area contributed by atoms with Crippen molar-refractivity contribution in [1.29, 1.82) is 0 Å². The van der Waals surface area contributed by atoms with Crippen molar-refractivity contribution in [1.82, 2.24) is 9.47 Å². The molecule has 0 bridgehead atoms. The van der Waals surface area contributed by atoms with Crippen LogP contribution in [0.1, 0.15) is 5.56 Å². The second-order valence-corrected chi connectivity index (χ2v) is 9.57. The number of benzene rings is 2. The maximum atomic E-state index is 15.1. The van der Waals surface area contributed by atoms with Crippen molar-refractivity contribution in [3.05, 3.63) is 92.1 Å². The number of likely N-dealkylation sites (tertiary alicyclic amines) is 1. The van der Waals surface area contributed by atoms with Crippen molar-refractivity contribution in [2.75, 3.05) is 13.1 Å². The van der Waals surface area contributed by atoms with Gasteiger partial charge in [0.25, 0.3) is 5.56 Å². The van der Waals surface area contributed by atoms with E-state index in [1.165, 1.54) is 20.8 Å². The Bertz CT molecular complexity index is 1390.